The van der Waals surface area contributed by atoms with E-state index in [0.29, 0.717) is 18.9 Å². The van der Waals surface area contributed by atoms with E-state index in [1.807, 2.05) is 41.3 Å². The van der Waals surface area contributed by atoms with Crippen LogP contribution >= 0.6 is 0 Å². The van der Waals surface area contributed by atoms with Crippen LogP contribution in [-0.4, -0.2) is 36.3 Å². The standard InChI is InChI=1S/C23H26N2O2/c26-22-16-20(17-25(22)21-9-5-2-6-10-21)23(27)24-13-11-19(12-14-24)15-18-7-3-1-4-8-18/h1-10,19-20H,11-17H2. The first-order valence-corrected chi connectivity index (χ1v) is 9.89. The molecule has 0 radical (unpaired) electrons. The molecule has 2 aliphatic heterocycles. The van der Waals surface area contributed by atoms with Crippen LogP contribution in [0.2, 0.25) is 0 Å². The number of likely N-dealkylation sites (tertiary alicyclic amines) is 1. The van der Waals surface area contributed by atoms with Crippen molar-refractivity contribution < 1.29 is 9.59 Å². The monoisotopic (exact) mass is 362 g/mol. The van der Waals surface area contributed by atoms with Gasteiger partial charge in [0, 0.05) is 31.7 Å². The Labute approximate surface area is 160 Å². The molecule has 0 N–H and O–H groups in total. The quantitative estimate of drug-likeness (QED) is 0.835. The molecule has 0 aliphatic carbocycles. The summed E-state index contributed by atoms with van der Waals surface area (Å²) in [7, 11) is 0. The van der Waals surface area contributed by atoms with Gasteiger partial charge in [0.1, 0.15) is 0 Å². The molecule has 0 spiro atoms. The summed E-state index contributed by atoms with van der Waals surface area (Å²) in [6, 6.07) is 20.2. The maximum Gasteiger partial charge on any atom is 0.228 e. The number of nitrogens with zero attached hydrogens (tertiary/aromatic N) is 2. The lowest BCUT2D eigenvalue weighted by molar-refractivity contribution is -0.137. The van der Waals surface area contributed by atoms with Crippen LogP contribution in [-0.2, 0) is 16.0 Å². The molecule has 2 aromatic rings. The van der Waals surface area contributed by atoms with Crippen molar-refractivity contribution >= 4 is 17.5 Å². The number of para-hydroxylation sites is 1. The Morgan fingerprint density at radius 2 is 1.56 bits per heavy atom. The molecule has 2 heterocycles. The van der Waals surface area contributed by atoms with Crippen molar-refractivity contribution in [1.29, 1.82) is 0 Å². The van der Waals surface area contributed by atoms with Crippen LogP contribution in [0.1, 0.15) is 24.8 Å². The highest BCUT2D eigenvalue weighted by Crippen LogP contribution is 2.28. The number of carbonyl (C=O) groups is 2. The summed E-state index contributed by atoms with van der Waals surface area (Å²) in [5.41, 5.74) is 2.27. The lowest BCUT2D eigenvalue weighted by Crippen LogP contribution is -2.42. The number of benzene rings is 2. The van der Waals surface area contributed by atoms with Gasteiger partial charge in [-0.15, -0.1) is 0 Å². The van der Waals surface area contributed by atoms with E-state index < -0.39 is 0 Å². The fourth-order valence-corrected chi connectivity index (χ4v) is 4.29. The average molecular weight is 362 g/mol. The number of amides is 2. The number of hydrogen-bond acceptors (Lipinski definition) is 2. The third-order valence-corrected chi connectivity index (χ3v) is 5.84. The summed E-state index contributed by atoms with van der Waals surface area (Å²) >= 11 is 0. The molecule has 4 heteroatoms. The van der Waals surface area contributed by atoms with E-state index in [4.69, 9.17) is 0 Å². The Bertz CT molecular complexity index is 783. The minimum Gasteiger partial charge on any atom is -0.342 e. The van der Waals surface area contributed by atoms with Gasteiger partial charge in [0.25, 0.3) is 0 Å². The van der Waals surface area contributed by atoms with Crippen molar-refractivity contribution in [2.75, 3.05) is 24.5 Å². The molecule has 4 nitrogen and oxygen atoms in total. The van der Waals surface area contributed by atoms with Crippen LogP contribution in [0.3, 0.4) is 0 Å². The molecule has 0 saturated carbocycles. The lowest BCUT2D eigenvalue weighted by atomic mass is 9.89. The summed E-state index contributed by atoms with van der Waals surface area (Å²) in [4.78, 5) is 29.1. The molecular formula is C23H26N2O2. The Balaban J connectivity index is 1.31. The van der Waals surface area contributed by atoms with Gasteiger partial charge in [0.15, 0.2) is 0 Å². The second-order valence-electron chi connectivity index (χ2n) is 7.70. The number of anilines is 1. The predicted molar refractivity (Wildman–Crippen MR) is 106 cm³/mol. The predicted octanol–water partition coefficient (Wildman–Crippen LogP) is 3.52. The summed E-state index contributed by atoms with van der Waals surface area (Å²) in [6.45, 7) is 2.13. The van der Waals surface area contributed by atoms with Crippen LogP contribution in [0.25, 0.3) is 0 Å². The molecule has 2 amide bonds. The summed E-state index contributed by atoms with van der Waals surface area (Å²) in [5.74, 6) is 0.643. The summed E-state index contributed by atoms with van der Waals surface area (Å²) in [6.07, 6.45) is 3.51. The van der Waals surface area contributed by atoms with Crippen LogP contribution in [0.5, 0.6) is 0 Å². The van der Waals surface area contributed by atoms with Crippen molar-refractivity contribution in [3.63, 3.8) is 0 Å². The highest BCUT2D eigenvalue weighted by molar-refractivity contribution is 6.00. The van der Waals surface area contributed by atoms with Gasteiger partial charge in [0.2, 0.25) is 11.8 Å². The normalized spacial score (nSPS) is 20.9. The molecule has 2 aliphatic rings. The van der Waals surface area contributed by atoms with Crippen molar-refractivity contribution in [2.45, 2.75) is 25.7 Å². The molecule has 0 bridgehead atoms. The Hall–Kier alpha value is -2.62. The van der Waals surface area contributed by atoms with Gasteiger partial charge in [-0.3, -0.25) is 9.59 Å². The molecule has 2 fully saturated rings. The zero-order chi connectivity index (χ0) is 18.6. The van der Waals surface area contributed by atoms with Crippen molar-refractivity contribution in [1.82, 2.24) is 4.90 Å². The first-order chi connectivity index (χ1) is 13.2. The summed E-state index contributed by atoms with van der Waals surface area (Å²) in [5, 5.41) is 0. The molecule has 140 valence electrons. The first-order valence-electron chi connectivity index (χ1n) is 9.89. The number of rotatable bonds is 4. The van der Waals surface area contributed by atoms with Gasteiger partial charge < -0.3 is 9.80 Å². The Morgan fingerprint density at radius 1 is 0.926 bits per heavy atom. The smallest absolute Gasteiger partial charge is 0.228 e. The molecular weight excluding hydrogens is 336 g/mol. The van der Waals surface area contributed by atoms with Crippen LogP contribution in [0.4, 0.5) is 5.69 Å². The maximum absolute atomic E-state index is 12.9. The van der Waals surface area contributed by atoms with Gasteiger partial charge in [-0.1, -0.05) is 48.5 Å². The van der Waals surface area contributed by atoms with E-state index >= 15 is 0 Å². The molecule has 0 aromatic heterocycles. The van der Waals surface area contributed by atoms with Gasteiger partial charge in [-0.05, 0) is 42.9 Å². The van der Waals surface area contributed by atoms with Crippen molar-refractivity contribution in [2.24, 2.45) is 11.8 Å². The minimum atomic E-state index is -0.205. The minimum absolute atomic E-state index is 0.0542. The molecule has 27 heavy (non-hydrogen) atoms. The third kappa shape index (κ3) is 4.05. The van der Waals surface area contributed by atoms with Crippen molar-refractivity contribution in [3.05, 3.63) is 66.2 Å². The highest BCUT2D eigenvalue weighted by Gasteiger charge is 2.38. The zero-order valence-corrected chi connectivity index (χ0v) is 15.6. The number of carbonyl (C=O) groups excluding carboxylic acids is 2. The largest absolute Gasteiger partial charge is 0.342 e. The van der Waals surface area contributed by atoms with Gasteiger partial charge in [-0.25, -0.2) is 0 Å². The van der Waals surface area contributed by atoms with Gasteiger partial charge in [0.05, 0.1) is 5.92 Å². The first kappa shape index (κ1) is 17.8. The van der Waals surface area contributed by atoms with E-state index in [9.17, 15) is 9.59 Å². The fraction of sp³-hybridized carbons (Fsp3) is 0.391. The van der Waals surface area contributed by atoms with E-state index in [1.54, 1.807) is 4.90 Å². The van der Waals surface area contributed by atoms with E-state index in [0.717, 1.165) is 38.0 Å². The molecule has 2 saturated heterocycles. The average Bonchev–Trinajstić information content (AvgIpc) is 3.11. The van der Waals surface area contributed by atoms with Crippen LogP contribution in [0.15, 0.2) is 60.7 Å². The van der Waals surface area contributed by atoms with Crippen LogP contribution < -0.4 is 4.90 Å². The van der Waals surface area contributed by atoms with Gasteiger partial charge >= 0.3 is 0 Å². The van der Waals surface area contributed by atoms with Crippen LogP contribution in [0, 0.1) is 11.8 Å². The fourth-order valence-electron chi connectivity index (χ4n) is 4.29. The molecule has 4 rings (SSSR count). The summed E-state index contributed by atoms with van der Waals surface area (Å²) < 4.78 is 0. The van der Waals surface area contributed by atoms with Gasteiger partial charge in [-0.2, -0.15) is 0 Å². The second kappa shape index (κ2) is 7.95. The second-order valence-corrected chi connectivity index (χ2v) is 7.70. The highest BCUT2D eigenvalue weighted by atomic mass is 16.2. The topological polar surface area (TPSA) is 40.6 Å². The van der Waals surface area contributed by atoms with E-state index in [-0.39, 0.29) is 17.7 Å². The Kier molecular flexibility index (Phi) is 5.23. The zero-order valence-electron chi connectivity index (χ0n) is 15.6. The Morgan fingerprint density at radius 3 is 2.22 bits per heavy atom. The van der Waals surface area contributed by atoms with E-state index in [1.165, 1.54) is 5.56 Å². The van der Waals surface area contributed by atoms with Crippen molar-refractivity contribution in [3.8, 4) is 0 Å². The molecule has 2 aromatic carbocycles. The number of piperidine rings is 1. The maximum atomic E-state index is 12.9. The SMILES string of the molecule is O=C(C1CC(=O)N(c2ccccc2)C1)N1CCC(Cc2ccccc2)CC1. The third-order valence-electron chi connectivity index (χ3n) is 5.84. The molecule has 1 atom stereocenters. The number of hydrogen-bond donors (Lipinski definition) is 0. The van der Waals surface area contributed by atoms with E-state index in [2.05, 4.69) is 24.3 Å². The molecule has 1 unspecified atom stereocenters. The lowest BCUT2D eigenvalue weighted by Gasteiger charge is -2.33.